The van der Waals surface area contributed by atoms with Crippen molar-refractivity contribution in [3.05, 3.63) is 46.4 Å². The number of carbonyl (C=O) groups is 1. The van der Waals surface area contributed by atoms with Crippen molar-refractivity contribution in [1.29, 1.82) is 0 Å². The Hall–Kier alpha value is -2.47. The Morgan fingerprint density at radius 2 is 1.76 bits per heavy atom. The lowest BCUT2D eigenvalue weighted by Crippen LogP contribution is -2.17. The molecule has 25 heavy (non-hydrogen) atoms. The fraction of sp³-hybridized carbons (Fsp3) is 0.421. The van der Waals surface area contributed by atoms with E-state index in [2.05, 4.69) is 32.7 Å². The molecule has 0 aliphatic carbocycles. The van der Waals surface area contributed by atoms with Gasteiger partial charge in [-0.05, 0) is 45.2 Å². The molecule has 0 aliphatic rings. The maximum absolute atomic E-state index is 12.6. The molecule has 0 saturated carbocycles. The minimum absolute atomic E-state index is 0.236. The lowest BCUT2D eigenvalue weighted by Gasteiger charge is -2.13. The van der Waals surface area contributed by atoms with Crippen molar-refractivity contribution in [3.8, 4) is 0 Å². The molecule has 0 bridgehead atoms. The molecule has 2 N–H and O–H groups in total. The minimum atomic E-state index is -0.236. The van der Waals surface area contributed by atoms with E-state index in [1.54, 1.807) is 20.1 Å². The quantitative estimate of drug-likeness (QED) is 0.754. The van der Waals surface area contributed by atoms with E-state index in [1.807, 2.05) is 20.8 Å². The third kappa shape index (κ3) is 5.26. The van der Waals surface area contributed by atoms with Crippen LogP contribution in [0, 0.1) is 27.7 Å². The smallest absolute Gasteiger partial charge is 0.274 e. The maximum atomic E-state index is 12.6. The molecule has 1 heterocycles. The average molecular weight is 342 g/mol. The summed E-state index contributed by atoms with van der Waals surface area (Å²) in [7, 11) is 1.67. The number of benzene rings is 1. The number of ether oxygens (including phenoxy) is 1. The molecule has 1 amide bonds. The predicted molar refractivity (Wildman–Crippen MR) is 100 cm³/mol. The van der Waals surface area contributed by atoms with Gasteiger partial charge in [0.25, 0.3) is 5.91 Å². The molecule has 6 nitrogen and oxygen atoms in total. The van der Waals surface area contributed by atoms with Crippen molar-refractivity contribution in [2.45, 2.75) is 34.1 Å². The van der Waals surface area contributed by atoms with Gasteiger partial charge in [-0.15, -0.1) is 0 Å². The van der Waals surface area contributed by atoms with Crippen LogP contribution in [0.2, 0.25) is 0 Å². The number of carbonyl (C=O) groups excluding carboxylic acids is 1. The van der Waals surface area contributed by atoms with Gasteiger partial charge in [0, 0.05) is 32.0 Å². The Balaban J connectivity index is 2.15. The zero-order valence-electron chi connectivity index (χ0n) is 15.6. The normalized spacial score (nSPS) is 10.6. The molecule has 0 radical (unpaired) electrons. The van der Waals surface area contributed by atoms with E-state index in [-0.39, 0.29) is 5.91 Å². The maximum Gasteiger partial charge on any atom is 0.274 e. The summed E-state index contributed by atoms with van der Waals surface area (Å²) < 4.78 is 5.03. The number of hydrogen-bond donors (Lipinski definition) is 2. The highest BCUT2D eigenvalue weighted by atomic mass is 16.5. The van der Waals surface area contributed by atoms with Gasteiger partial charge in [0.05, 0.1) is 0 Å². The number of amides is 1. The van der Waals surface area contributed by atoms with Crippen LogP contribution in [0.1, 0.15) is 39.4 Å². The van der Waals surface area contributed by atoms with E-state index in [1.165, 1.54) is 5.56 Å². The number of aryl methyl sites for hydroxylation is 4. The van der Waals surface area contributed by atoms with Gasteiger partial charge >= 0.3 is 0 Å². The third-order valence-corrected chi connectivity index (χ3v) is 3.82. The fourth-order valence-corrected chi connectivity index (χ4v) is 2.76. The van der Waals surface area contributed by atoms with E-state index in [0.717, 1.165) is 29.8 Å². The van der Waals surface area contributed by atoms with Gasteiger partial charge in [-0.25, -0.2) is 9.97 Å². The predicted octanol–water partition coefficient (Wildman–Crippen LogP) is 3.41. The second-order valence-electron chi connectivity index (χ2n) is 6.19. The van der Waals surface area contributed by atoms with Crippen molar-refractivity contribution in [3.63, 3.8) is 0 Å². The number of nitrogens with zero attached hydrogens (tertiary/aromatic N) is 2. The summed E-state index contributed by atoms with van der Waals surface area (Å²) in [6, 6.07) is 5.78. The molecule has 0 saturated heterocycles. The fourth-order valence-electron chi connectivity index (χ4n) is 2.76. The molecule has 0 aliphatic heterocycles. The summed E-state index contributed by atoms with van der Waals surface area (Å²) in [5.74, 6) is 0.964. The van der Waals surface area contributed by atoms with Crippen LogP contribution in [0.5, 0.6) is 0 Å². The highest BCUT2D eigenvalue weighted by Gasteiger charge is 2.13. The molecule has 2 rings (SSSR count). The second-order valence-corrected chi connectivity index (χ2v) is 6.19. The zero-order valence-corrected chi connectivity index (χ0v) is 15.6. The Bertz CT molecular complexity index is 736. The zero-order chi connectivity index (χ0) is 18.4. The standard InChI is InChI=1S/C19H26N4O2/c1-12-9-13(2)18(14(3)10-12)23-19(24)16-11-17(22-15(4)21-16)20-7-6-8-25-5/h9-11H,6-8H2,1-5H3,(H,23,24)(H,20,21,22). The van der Waals surface area contributed by atoms with E-state index in [0.29, 0.717) is 23.9 Å². The Morgan fingerprint density at radius 1 is 1.08 bits per heavy atom. The van der Waals surface area contributed by atoms with E-state index < -0.39 is 0 Å². The summed E-state index contributed by atoms with van der Waals surface area (Å²) >= 11 is 0. The van der Waals surface area contributed by atoms with E-state index >= 15 is 0 Å². The molecule has 1 aromatic heterocycles. The van der Waals surface area contributed by atoms with Crippen LogP contribution in [0.3, 0.4) is 0 Å². The molecular formula is C19H26N4O2. The van der Waals surface area contributed by atoms with Gasteiger partial charge in [0.2, 0.25) is 0 Å². The summed E-state index contributed by atoms with van der Waals surface area (Å²) in [4.78, 5) is 21.2. The van der Waals surface area contributed by atoms with Gasteiger partial charge in [-0.2, -0.15) is 0 Å². The average Bonchev–Trinajstić information content (AvgIpc) is 2.54. The second kappa shape index (κ2) is 8.58. The first-order valence-corrected chi connectivity index (χ1v) is 8.38. The first-order valence-electron chi connectivity index (χ1n) is 8.38. The van der Waals surface area contributed by atoms with Crippen LogP contribution in [-0.4, -0.2) is 36.1 Å². The molecule has 2 aromatic rings. The molecular weight excluding hydrogens is 316 g/mol. The van der Waals surface area contributed by atoms with Gasteiger partial charge in [-0.1, -0.05) is 17.7 Å². The molecule has 1 aromatic carbocycles. The first kappa shape index (κ1) is 18.9. The molecule has 0 unspecified atom stereocenters. The van der Waals surface area contributed by atoms with Crippen molar-refractivity contribution >= 4 is 17.4 Å². The topological polar surface area (TPSA) is 76.1 Å². The largest absolute Gasteiger partial charge is 0.385 e. The van der Waals surface area contributed by atoms with Crippen molar-refractivity contribution in [2.24, 2.45) is 0 Å². The van der Waals surface area contributed by atoms with Crippen LogP contribution in [0.15, 0.2) is 18.2 Å². The third-order valence-electron chi connectivity index (χ3n) is 3.82. The highest BCUT2D eigenvalue weighted by molar-refractivity contribution is 6.04. The van der Waals surface area contributed by atoms with Crippen LogP contribution < -0.4 is 10.6 Å². The van der Waals surface area contributed by atoms with Gasteiger partial charge < -0.3 is 15.4 Å². The van der Waals surface area contributed by atoms with Crippen LogP contribution in [0.4, 0.5) is 11.5 Å². The molecule has 134 valence electrons. The summed E-state index contributed by atoms with van der Waals surface area (Å²) in [5, 5.41) is 6.17. The summed E-state index contributed by atoms with van der Waals surface area (Å²) in [6.07, 6.45) is 0.864. The van der Waals surface area contributed by atoms with Crippen molar-refractivity contribution < 1.29 is 9.53 Å². The van der Waals surface area contributed by atoms with E-state index in [4.69, 9.17) is 4.74 Å². The Labute approximate surface area is 149 Å². The van der Waals surface area contributed by atoms with Crippen LogP contribution in [0.25, 0.3) is 0 Å². The Kier molecular flexibility index (Phi) is 6.47. The number of rotatable bonds is 7. The summed E-state index contributed by atoms with van der Waals surface area (Å²) in [6.45, 7) is 9.20. The lowest BCUT2D eigenvalue weighted by atomic mass is 10.0. The van der Waals surface area contributed by atoms with Gasteiger partial charge in [-0.3, -0.25) is 4.79 Å². The van der Waals surface area contributed by atoms with Crippen LogP contribution in [-0.2, 0) is 4.74 Å². The molecule has 0 spiro atoms. The van der Waals surface area contributed by atoms with Crippen molar-refractivity contribution in [2.75, 3.05) is 30.9 Å². The minimum Gasteiger partial charge on any atom is -0.385 e. The number of nitrogens with one attached hydrogen (secondary N) is 2. The van der Waals surface area contributed by atoms with Crippen LogP contribution >= 0.6 is 0 Å². The van der Waals surface area contributed by atoms with Gasteiger partial charge in [0.1, 0.15) is 17.3 Å². The Morgan fingerprint density at radius 3 is 2.40 bits per heavy atom. The van der Waals surface area contributed by atoms with Crippen molar-refractivity contribution in [1.82, 2.24) is 9.97 Å². The molecule has 6 heteroatoms. The number of hydrogen-bond acceptors (Lipinski definition) is 5. The lowest BCUT2D eigenvalue weighted by molar-refractivity contribution is 0.102. The number of anilines is 2. The van der Waals surface area contributed by atoms with E-state index in [9.17, 15) is 4.79 Å². The monoisotopic (exact) mass is 342 g/mol. The number of aromatic nitrogens is 2. The summed E-state index contributed by atoms with van der Waals surface area (Å²) in [5.41, 5.74) is 4.43. The first-order chi connectivity index (χ1) is 11.9. The molecule has 0 atom stereocenters. The molecule has 0 fully saturated rings. The number of methoxy groups -OCH3 is 1. The SMILES string of the molecule is COCCCNc1cc(C(=O)Nc2c(C)cc(C)cc2C)nc(C)n1. The van der Waals surface area contributed by atoms with Gasteiger partial charge in [0.15, 0.2) is 0 Å². The highest BCUT2D eigenvalue weighted by Crippen LogP contribution is 2.22.